The largest absolute Gasteiger partial charge is 0.493 e. The van der Waals surface area contributed by atoms with Crippen molar-refractivity contribution >= 4 is 35.2 Å². The number of nitrogens with zero attached hydrogens (tertiary/aromatic N) is 3. The zero-order valence-corrected chi connectivity index (χ0v) is 30.4. The molecule has 5 aromatic rings. The number of ether oxygens (including phenoxy) is 3. The van der Waals surface area contributed by atoms with Crippen LogP contribution in [0.25, 0.3) is 5.70 Å². The summed E-state index contributed by atoms with van der Waals surface area (Å²) in [6.07, 6.45) is 4.89. The fourth-order valence-electron chi connectivity index (χ4n) is 5.94. The van der Waals surface area contributed by atoms with Gasteiger partial charge in [0.2, 0.25) is 5.88 Å². The molecule has 1 aliphatic heterocycles. The molecule has 0 saturated carbocycles. The van der Waals surface area contributed by atoms with Gasteiger partial charge in [-0.1, -0.05) is 83.4 Å². The van der Waals surface area contributed by atoms with Crippen molar-refractivity contribution < 1.29 is 19.0 Å². The SMILES string of the molecule is Cc1ccc(OCCc2ccc(CN3CCN(/C(=C/C=O)c4cc(C)c(Oc5ccc(OCc6ccccc6Cl)cn5)cc4Cl)CC3)cc2)cc1. The summed E-state index contributed by atoms with van der Waals surface area (Å²) in [5.74, 6) is 2.50. The third-order valence-corrected chi connectivity index (χ3v) is 9.55. The van der Waals surface area contributed by atoms with Crippen LogP contribution in [0.15, 0.2) is 109 Å². The lowest BCUT2D eigenvalue weighted by Gasteiger charge is -2.37. The van der Waals surface area contributed by atoms with Gasteiger partial charge in [-0.2, -0.15) is 0 Å². The predicted molar refractivity (Wildman–Crippen MR) is 204 cm³/mol. The Hall–Kier alpha value is -4.82. The third kappa shape index (κ3) is 9.91. The summed E-state index contributed by atoms with van der Waals surface area (Å²) in [7, 11) is 0. The Labute approximate surface area is 310 Å². The Morgan fingerprint density at radius 2 is 1.53 bits per heavy atom. The molecule has 9 heteroatoms. The van der Waals surface area contributed by atoms with Crippen molar-refractivity contribution in [1.82, 2.24) is 14.8 Å². The van der Waals surface area contributed by atoms with Crippen molar-refractivity contribution in [3.05, 3.63) is 153 Å². The second-order valence-electron chi connectivity index (χ2n) is 12.6. The Morgan fingerprint density at radius 3 is 2.24 bits per heavy atom. The van der Waals surface area contributed by atoms with Crippen LogP contribution in [0.2, 0.25) is 10.0 Å². The van der Waals surface area contributed by atoms with Crippen LogP contribution in [0.1, 0.15) is 33.4 Å². The van der Waals surface area contributed by atoms with Gasteiger partial charge in [-0.15, -0.1) is 0 Å². The molecule has 0 unspecified atom stereocenters. The highest BCUT2D eigenvalue weighted by atomic mass is 35.5. The number of carbonyl (C=O) groups is 1. The van der Waals surface area contributed by atoms with Crippen molar-refractivity contribution in [2.75, 3.05) is 32.8 Å². The van der Waals surface area contributed by atoms with Crippen LogP contribution in [0.5, 0.6) is 23.1 Å². The number of carbonyl (C=O) groups excluding carboxylic acids is 1. The van der Waals surface area contributed by atoms with Crippen LogP contribution in [-0.4, -0.2) is 53.9 Å². The molecular formula is C42H41Cl2N3O4. The highest BCUT2D eigenvalue weighted by Crippen LogP contribution is 2.35. The molecular weight excluding hydrogens is 681 g/mol. The van der Waals surface area contributed by atoms with Crippen molar-refractivity contribution in [2.24, 2.45) is 0 Å². The maximum Gasteiger partial charge on any atom is 0.219 e. The molecule has 2 heterocycles. The number of halogens is 2. The van der Waals surface area contributed by atoms with E-state index in [0.29, 0.717) is 40.6 Å². The first-order valence-corrected chi connectivity index (χ1v) is 17.8. The van der Waals surface area contributed by atoms with E-state index in [-0.39, 0.29) is 0 Å². The number of aldehydes is 1. The molecule has 1 aromatic heterocycles. The molecule has 0 aliphatic carbocycles. The quantitative estimate of drug-likeness (QED) is 0.0837. The topological polar surface area (TPSA) is 64.1 Å². The number of piperazine rings is 1. The van der Waals surface area contributed by atoms with Crippen LogP contribution in [0.3, 0.4) is 0 Å². The molecule has 1 fully saturated rings. The number of allylic oxidation sites excluding steroid dienone is 1. The van der Waals surface area contributed by atoms with Gasteiger partial charge in [0.05, 0.1) is 17.8 Å². The second kappa shape index (κ2) is 17.4. The van der Waals surface area contributed by atoms with Crippen LogP contribution in [0, 0.1) is 13.8 Å². The minimum absolute atomic E-state index is 0.337. The van der Waals surface area contributed by atoms with E-state index >= 15 is 0 Å². The van der Waals surface area contributed by atoms with Gasteiger partial charge in [0.25, 0.3) is 0 Å². The van der Waals surface area contributed by atoms with Gasteiger partial charge in [0, 0.05) is 79.2 Å². The predicted octanol–water partition coefficient (Wildman–Crippen LogP) is 9.36. The van der Waals surface area contributed by atoms with Crippen LogP contribution >= 0.6 is 23.2 Å². The summed E-state index contributed by atoms with van der Waals surface area (Å²) in [6.45, 7) is 9.16. The third-order valence-electron chi connectivity index (χ3n) is 8.86. The summed E-state index contributed by atoms with van der Waals surface area (Å²) < 4.78 is 17.8. The Balaban J connectivity index is 1.01. The van der Waals surface area contributed by atoms with Gasteiger partial charge in [-0.3, -0.25) is 9.69 Å². The molecule has 1 aliphatic rings. The molecule has 0 radical (unpaired) electrons. The van der Waals surface area contributed by atoms with Gasteiger partial charge in [-0.05, 0) is 60.9 Å². The number of rotatable bonds is 14. The number of hydrogen-bond acceptors (Lipinski definition) is 7. The first-order chi connectivity index (χ1) is 24.8. The van der Waals surface area contributed by atoms with Crippen molar-refractivity contribution in [3.8, 4) is 23.1 Å². The molecule has 262 valence electrons. The summed E-state index contributed by atoms with van der Waals surface area (Å²) in [6, 6.07) is 31.8. The van der Waals surface area contributed by atoms with E-state index in [2.05, 4.69) is 58.1 Å². The van der Waals surface area contributed by atoms with Gasteiger partial charge >= 0.3 is 0 Å². The molecule has 0 bridgehead atoms. The number of aromatic nitrogens is 1. The normalized spacial score (nSPS) is 13.6. The summed E-state index contributed by atoms with van der Waals surface area (Å²) in [5.41, 5.74) is 7.12. The maximum absolute atomic E-state index is 11.8. The molecule has 0 atom stereocenters. The van der Waals surface area contributed by atoms with Gasteiger partial charge in [0.15, 0.2) is 0 Å². The van der Waals surface area contributed by atoms with Gasteiger partial charge < -0.3 is 19.1 Å². The van der Waals surface area contributed by atoms with Crippen LogP contribution < -0.4 is 14.2 Å². The maximum atomic E-state index is 11.8. The first kappa shape index (κ1) is 36.0. The van der Waals surface area contributed by atoms with E-state index in [1.54, 1.807) is 30.5 Å². The van der Waals surface area contributed by atoms with Crippen molar-refractivity contribution in [3.63, 3.8) is 0 Å². The van der Waals surface area contributed by atoms with Crippen LogP contribution in [-0.2, 0) is 24.4 Å². The number of pyridine rings is 1. The molecule has 0 N–H and O–H groups in total. The lowest BCUT2D eigenvalue weighted by molar-refractivity contribution is -0.104. The highest BCUT2D eigenvalue weighted by molar-refractivity contribution is 6.32. The van der Waals surface area contributed by atoms with Crippen LogP contribution in [0.4, 0.5) is 0 Å². The number of aryl methyl sites for hydroxylation is 2. The molecule has 0 spiro atoms. The average molecular weight is 723 g/mol. The molecule has 1 saturated heterocycles. The monoisotopic (exact) mass is 721 g/mol. The highest BCUT2D eigenvalue weighted by Gasteiger charge is 2.22. The van der Waals surface area contributed by atoms with Gasteiger partial charge in [-0.25, -0.2) is 4.98 Å². The number of hydrogen-bond donors (Lipinski definition) is 0. The lowest BCUT2D eigenvalue weighted by Crippen LogP contribution is -2.45. The Bertz CT molecular complexity index is 1940. The standard InChI is InChI=1S/C42H41Cl2N3O4/c1-30-7-13-35(14-8-30)49-24-18-32-9-11-33(12-10-32)28-46-19-21-47(22-20-46)40(17-23-48)37-25-31(2)41(26-39(37)44)51-42-16-15-36(27-45-42)50-29-34-5-3-4-6-38(34)43/h3-17,23,25-27H,18-22,24,28-29H2,1-2H3/b40-17+. The van der Waals surface area contributed by atoms with E-state index in [9.17, 15) is 4.79 Å². The van der Waals surface area contributed by atoms with E-state index < -0.39 is 0 Å². The lowest BCUT2D eigenvalue weighted by atomic mass is 10.0. The fourth-order valence-corrected chi connectivity index (χ4v) is 6.38. The van der Waals surface area contributed by atoms with E-state index in [1.807, 2.05) is 49.4 Å². The zero-order chi connectivity index (χ0) is 35.6. The molecule has 6 rings (SSSR count). The zero-order valence-electron chi connectivity index (χ0n) is 28.9. The van der Waals surface area contributed by atoms with Crippen molar-refractivity contribution in [1.29, 1.82) is 0 Å². The summed E-state index contributed by atoms with van der Waals surface area (Å²) in [4.78, 5) is 20.8. The average Bonchev–Trinajstić information content (AvgIpc) is 3.14. The van der Waals surface area contributed by atoms with E-state index in [4.69, 9.17) is 37.4 Å². The first-order valence-electron chi connectivity index (χ1n) is 17.1. The summed E-state index contributed by atoms with van der Waals surface area (Å²) in [5, 5.41) is 1.15. The molecule has 51 heavy (non-hydrogen) atoms. The minimum Gasteiger partial charge on any atom is -0.493 e. The Kier molecular flexibility index (Phi) is 12.3. The van der Waals surface area contributed by atoms with Crippen molar-refractivity contribution in [2.45, 2.75) is 33.4 Å². The Morgan fingerprint density at radius 1 is 0.804 bits per heavy atom. The summed E-state index contributed by atoms with van der Waals surface area (Å²) >= 11 is 13.1. The smallest absolute Gasteiger partial charge is 0.219 e. The minimum atomic E-state index is 0.337. The van der Waals surface area contributed by atoms with E-state index in [0.717, 1.165) is 73.6 Å². The molecule has 4 aromatic carbocycles. The van der Waals surface area contributed by atoms with Gasteiger partial charge in [0.1, 0.15) is 30.1 Å². The molecule has 7 nitrogen and oxygen atoms in total. The molecule has 0 amide bonds. The fraction of sp³-hybridized carbons (Fsp3) is 0.238. The van der Waals surface area contributed by atoms with E-state index in [1.165, 1.54) is 16.7 Å². The second-order valence-corrected chi connectivity index (χ2v) is 13.4. The number of benzene rings is 4.